The van der Waals surface area contributed by atoms with Crippen LogP contribution in [0.1, 0.15) is 18.8 Å². The van der Waals surface area contributed by atoms with E-state index < -0.39 is 5.76 Å². The van der Waals surface area contributed by atoms with Crippen LogP contribution >= 0.6 is 0 Å². The van der Waals surface area contributed by atoms with Crippen LogP contribution in [-0.2, 0) is 0 Å². The lowest BCUT2D eigenvalue weighted by Crippen LogP contribution is -2.08. The maximum atomic E-state index is 10.3. The Bertz CT molecular complexity index is 236. The van der Waals surface area contributed by atoms with Crippen molar-refractivity contribution in [2.24, 2.45) is 5.73 Å². The van der Waals surface area contributed by atoms with E-state index in [1.807, 2.05) is 0 Å². The van der Waals surface area contributed by atoms with Crippen molar-refractivity contribution in [2.45, 2.75) is 13.0 Å². The van der Waals surface area contributed by atoms with Crippen molar-refractivity contribution in [3.63, 3.8) is 0 Å². The third kappa shape index (κ3) is 1.17. The molecule has 3 N–H and O–H groups in total. The molecule has 50 valence electrons. The predicted octanol–water partition coefficient (Wildman–Crippen LogP) is -0.617. The van der Waals surface area contributed by atoms with E-state index in [0.717, 1.165) is 0 Å². The van der Waals surface area contributed by atoms with Gasteiger partial charge in [0, 0.05) is 0 Å². The minimum atomic E-state index is -0.567. The van der Waals surface area contributed by atoms with Crippen molar-refractivity contribution < 1.29 is 4.52 Å². The molecule has 9 heavy (non-hydrogen) atoms. The minimum Gasteiger partial charge on any atom is -0.322 e. The highest BCUT2D eigenvalue weighted by molar-refractivity contribution is 4.84. The monoisotopic (exact) mass is 129 g/mol. The van der Waals surface area contributed by atoms with Crippen LogP contribution in [0.2, 0.25) is 0 Å². The predicted molar refractivity (Wildman–Crippen MR) is 29.7 cm³/mol. The van der Waals surface area contributed by atoms with Gasteiger partial charge < -0.3 is 5.73 Å². The van der Waals surface area contributed by atoms with Crippen molar-refractivity contribution in [3.8, 4) is 0 Å². The Morgan fingerprint density at radius 1 is 1.89 bits per heavy atom. The number of rotatable bonds is 1. The molecule has 1 rings (SSSR count). The first-order valence-corrected chi connectivity index (χ1v) is 2.51. The van der Waals surface area contributed by atoms with Crippen LogP contribution in [0, 0.1) is 0 Å². The number of H-pyrrole nitrogens is 1. The fraction of sp³-hybridized carbons (Fsp3) is 0.500. The van der Waals surface area contributed by atoms with Crippen molar-refractivity contribution in [3.05, 3.63) is 16.4 Å². The largest absolute Gasteiger partial charge is 0.438 e. The Kier molecular flexibility index (Phi) is 1.35. The molecule has 1 atom stereocenters. The summed E-state index contributed by atoms with van der Waals surface area (Å²) in [4.78, 5) is 12.6. The molecule has 0 fully saturated rings. The highest BCUT2D eigenvalue weighted by Crippen LogP contribution is 1.96. The SMILES string of the molecule is CC(N)c1noc(=O)[nH]1. The van der Waals surface area contributed by atoms with Gasteiger partial charge >= 0.3 is 5.76 Å². The van der Waals surface area contributed by atoms with Crippen molar-refractivity contribution in [2.75, 3.05) is 0 Å². The van der Waals surface area contributed by atoms with Gasteiger partial charge in [0.25, 0.3) is 0 Å². The lowest BCUT2D eigenvalue weighted by atomic mass is 10.4. The Morgan fingerprint density at radius 3 is 2.78 bits per heavy atom. The zero-order valence-corrected chi connectivity index (χ0v) is 4.92. The van der Waals surface area contributed by atoms with Gasteiger partial charge in [-0.3, -0.25) is 9.51 Å². The molecule has 0 radical (unpaired) electrons. The summed E-state index contributed by atoms with van der Waals surface area (Å²) >= 11 is 0. The Morgan fingerprint density at radius 2 is 2.56 bits per heavy atom. The molecule has 1 aromatic rings. The molecule has 0 saturated carbocycles. The van der Waals surface area contributed by atoms with E-state index in [-0.39, 0.29) is 6.04 Å². The normalized spacial score (nSPS) is 13.6. The molecule has 0 bridgehead atoms. The van der Waals surface area contributed by atoms with Gasteiger partial charge in [-0.15, -0.1) is 0 Å². The van der Waals surface area contributed by atoms with Crippen molar-refractivity contribution in [1.82, 2.24) is 10.1 Å². The molecule has 0 aliphatic heterocycles. The van der Waals surface area contributed by atoms with Crippen LogP contribution in [-0.4, -0.2) is 10.1 Å². The Hall–Kier alpha value is -1.10. The summed E-state index contributed by atoms with van der Waals surface area (Å²) in [5.74, 6) is -0.192. The fourth-order valence-corrected chi connectivity index (χ4v) is 0.438. The second kappa shape index (κ2) is 2.02. The maximum absolute atomic E-state index is 10.3. The van der Waals surface area contributed by atoms with Gasteiger partial charge in [0.2, 0.25) is 0 Å². The summed E-state index contributed by atoms with van der Waals surface area (Å²) < 4.78 is 4.18. The van der Waals surface area contributed by atoms with Gasteiger partial charge in [0.15, 0.2) is 5.82 Å². The zero-order chi connectivity index (χ0) is 6.85. The van der Waals surface area contributed by atoms with Gasteiger partial charge in [-0.2, -0.15) is 0 Å². The summed E-state index contributed by atoms with van der Waals surface area (Å²) in [5, 5.41) is 3.35. The maximum Gasteiger partial charge on any atom is 0.438 e. The van der Waals surface area contributed by atoms with Crippen LogP contribution in [0.25, 0.3) is 0 Å². The first kappa shape index (κ1) is 6.03. The van der Waals surface area contributed by atoms with Crippen LogP contribution in [0.3, 0.4) is 0 Å². The van der Waals surface area contributed by atoms with Crippen LogP contribution < -0.4 is 11.5 Å². The number of nitrogens with zero attached hydrogens (tertiary/aromatic N) is 1. The molecule has 5 heteroatoms. The Labute approximate surface area is 50.8 Å². The average Bonchev–Trinajstić information content (AvgIpc) is 2.14. The first-order chi connectivity index (χ1) is 4.20. The number of aromatic nitrogens is 2. The fourth-order valence-electron chi connectivity index (χ4n) is 0.438. The lowest BCUT2D eigenvalue weighted by Gasteiger charge is -1.92. The van der Waals surface area contributed by atoms with E-state index in [1.165, 1.54) is 0 Å². The minimum absolute atomic E-state index is 0.281. The number of aromatic amines is 1. The summed E-state index contributed by atoms with van der Waals surface area (Å²) in [6, 6.07) is -0.281. The summed E-state index contributed by atoms with van der Waals surface area (Å²) in [6.45, 7) is 1.70. The summed E-state index contributed by atoms with van der Waals surface area (Å²) in [7, 11) is 0. The number of nitrogens with two attached hydrogens (primary N) is 1. The van der Waals surface area contributed by atoms with Gasteiger partial charge in [-0.1, -0.05) is 5.16 Å². The quantitative estimate of drug-likeness (QED) is 0.529. The van der Waals surface area contributed by atoms with Gasteiger partial charge in [0.1, 0.15) is 0 Å². The molecule has 5 nitrogen and oxygen atoms in total. The van der Waals surface area contributed by atoms with Crippen LogP contribution in [0.15, 0.2) is 9.32 Å². The highest BCUT2D eigenvalue weighted by Gasteiger charge is 2.03. The van der Waals surface area contributed by atoms with Crippen molar-refractivity contribution >= 4 is 0 Å². The van der Waals surface area contributed by atoms with Gasteiger partial charge in [0.05, 0.1) is 6.04 Å². The molecular weight excluding hydrogens is 122 g/mol. The average molecular weight is 129 g/mol. The molecule has 1 unspecified atom stereocenters. The topological polar surface area (TPSA) is 84.9 Å². The third-order valence-corrected chi connectivity index (χ3v) is 0.888. The second-order valence-corrected chi connectivity index (χ2v) is 1.77. The molecule has 1 heterocycles. The van der Waals surface area contributed by atoms with Crippen LogP contribution in [0.5, 0.6) is 0 Å². The standard InChI is InChI=1S/C4H7N3O2/c1-2(5)3-6-4(8)9-7-3/h2H,5H2,1H3,(H,6,7,8). The van der Waals surface area contributed by atoms with E-state index in [0.29, 0.717) is 5.82 Å². The van der Waals surface area contributed by atoms with E-state index >= 15 is 0 Å². The third-order valence-electron chi connectivity index (χ3n) is 0.888. The first-order valence-electron chi connectivity index (χ1n) is 2.51. The lowest BCUT2D eigenvalue weighted by molar-refractivity contribution is 0.378. The molecule has 0 aliphatic carbocycles. The number of nitrogens with one attached hydrogen (secondary N) is 1. The van der Waals surface area contributed by atoms with Gasteiger partial charge in [-0.25, -0.2) is 4.79 Å². The van der Waals surface area contributed by atoms with E-state index in [4.69, 9.17) is 5.73 Å². The summed E-state index contributed by atoms with van der Waals surface area (Å²) in [6.07, 6.45) is 0. The molecule has 1 aromatic heterocycles. The molecule has 0 saturated heterocycles. The van der Waals surface area contributed by atoms with Gasteiger partial charge in [-0.05, 0) is 6.92 Å². The highest BCUT2D eigenvalue weighted by atomic mass is 16.5. The molecule has 0 amide bonds. The van der Waals surface area contributed by atoms with Crippen molar-refractivity contribution in [1.29, 1.82) is 0 Å². The van der Waals surface area contributed by atoms with E-state index in [2.05, 4.69) is 14.7 Å². The molecule has 0 aliphatic rings. The molecule has 0 aromatic carbocycles. The number of hydrogen-bond donors (Lipinski definition) is 2. The second-order valence-electron chi connectivity index (χ2n) is 1.77. The number of hydrogen-bond acceptors (Lipinski definition) is 4. The van der Waals surface area contributed by atoms with Crippen LogP contribution in [0.4, 0.5) is 0 Å². The Balaban J connectivity index is 2.98. The van der Waals surface area contributed by atoms with E-state index in [1.54, 1.807) is 6.92 Å². The smallest absolute Gasteiger partial charge is 0.322 e. The zero-order valence-electron chi connectivity index (χ0n) is 4.92. The van der Waals surface area contributed by atoms with E-state index in [9.17, 15) is 4.79 Å². The summed E-state index contributed by atoms with van der Waals surface area (Å²) in [5.41, 5.74) is 5.33. The molecular formula is C4H7N3O2. The molecule has 0 spiro atoms.